The molecule has 5 nitrogen and oxygen atoms in total. The van der Waals surface area contributed by atoms with E-state index in [-0.39, 0.29) is 12.0 Å². The fourth-order valence-corrected chi connectivity index (χ4v) is 2.47. The predicted octanol–water partition coefficient (Wildman–Crippen LogP) is 3.06. The van der Waals surface area contributed by atoms with E-state index in [2.05, 4.69) is 4.98 Å². The molecule has 1 aliphatic rings. The van der Waals surface area contributed by atoms with Crippen LogP contribution in [0.2, 0.25) is 5.02 Å². The number of para-hydroxylation sites is 1. The van der Waals surface area contributed by atoms with Crippen molar-refractivity contribution in [3.05, 3.63) is 41.1 Å². The van der Waals surface area contributed by atoms with Gasteiger partial charge in [0, 0.05) is 0 Å². The third-order valence-corrected chi connectivity index (χ3v) is 3.49. The van der Waals surface area contributed by atoms with Crippen LogP contribution in [-0.2, 0) is 0 Å². The van der Waals surface area contributed by atoms with Crippen LogP contribution in [0.25, 0.3) is 0 Å². The molecule has 0 unspecified atom stereocenters. The second kappa shape index (κ2) is 4.83. The summed E-state index contributed by atoms with van der Waals surface area (Å²) in [5.41, 5.74) is 0.966. The summed E-state index contributed by atoms with van der Waals surface area (Å²) in [7, 11) is 0. The topological polar surface area (TPSA) is 55.6 Å². The molecule has 2 heterocycles. The summed E-state index contributed by atoms with van der Waals surface area (Å²) in [6.07, 6.45) is 1.13. The van der Waals surface area contributed by atoms with Gasteiger partial charge in [-0.1, -0.05) is 17.7 Å². The molecule has 1 atom stereocenters. The molecule has 0 spiro atoms. The van der Waals surface area contributed by atoms with E-state index in [1.165, 1.54) is 6.39 Å². The molecule has 20 heavy (non-hydrogen) atoms. The van der Waals surface area contributed by atoms with Crippen LogP contribution < -0.4 is 9.64 Å². The third kappa shape index (κ3) is 2.04. The molecule has 0 fully saturated rings. The van der Waals surface area contributed by atoms with Gasteiger partial charge in [-0.05, 0) is 26.0 Å². The molecule has 1 aromatic carbocycles. The van der Waals surface area contributed by atoms with Gasteiger partial charge in [-0.15, -0.1) is 0 Å². The Morgan fingerprint density at radius 3 is 3.00 bits per heavy atom. The first-order valence-electron chi connectivity index (χ1n) is 6.25. The van der Waals surface area contributed by atoms with Crippen molar-refractivity contribution in [3.63, 3.8) is 0 Å². The van der Waals surface area contributed by atoms with Gasteiger partial charge in [-0.25, -0.2) is 4.98 Å². The second-order valence-electron chi connectivity index (χ2n) is 4.69. The maximum Gasteiger partial charge on any atom is 0.280 e. The first-order chi connectivity index (χ1) is 9.58. The Morgan fingerprint density at radius 1 is 1.50 bits per heavy atom. The number of anilines is 1. The molecule has 6 heteroatoms. The number of hydrogen-bond acceptors (Lipinski definition) is 4. The number of benzene rings is 1. The fraction of sp³-hybridized carbons (Fsp3) is 0.286. The highest BCUT2D eigenvalue weighted by Crippen LogP contribution is 2.39. The monoisotopic (exact) mass is 292 g/mol. The highest BCUT2D eigenvalue weighted by atomic mass is 35.5. The van der Waals surface area contributed by atoms with Crippen molar-refractivity contribution in [2.45, 2.75) is 20.0 Å². The predicted molar refractivity (Wildman–Crippen MR) is 74.5 cm³/mol. The van der Waals surface area contributed by atoms with Crippen molar-refractivity contribution >= 4 is 23.2 Å². The van der Waals surface area contributed by atoms with Crippen molar-refractivity contribution in [1.82, 2.24) is 4.98 Å². The molecule has 2 aromatic rings. The van der Waals surface area contributed by atoms with Crippen molar-refractivity contribution in [2.75, 3.05) is 11.4 Å². The number of nitrogens with zero attached hydrogens (tertiary/aromatic N) is 2. The van der Waals surface area contributed by atoms with Crippen LogP contribution in [0.3, 0.4) is 0 Å². The number of oxazole rings is 1. The average molecular weight is 293 g/mol. The van der Waals surface area contributed by atoms with Gasteiger partial charge in [0.1, 0.15) is 11.9 Å². The van der Waals surface area contributed by atoms with Gasteiger partial charge in [0.2, 0.25) is 0 Å². The first kappa shape index (κ1) is 13.0. The molecule has 0 bridgehead atoms. The zero-order chi connectivity index (χ0) is 14.3. The molecular weight excluding hydrogens is 280 g/mol. The molecule has 0 N–H and O–H groups in total. The molecule has 1 aliphatic heterocycles. The van der Waals surface area contributed by atoms with Gasteiger partial charge in [-0.3, -0.25) is 9.69 Å². The highest BCUT2D eigenvalue weighted by Gasteiger charge is 2.31. The number of hydrogen-bond donors (Lipinski definition) is 0. The van der Waals surface area contributed by atoms with Gasteiger partial charge >= 0.3 is 0 Å². The minimum atomic E-state index is -0.213. The smallest absolute Gasteiger partial charge is 0.280 e. The fourth-order valence-electron chi connectivity index (χ4n) is 2.25. The van der Waals surface area contributed by atoms with Gasteiger partial charge < -0.3 is 9.15 Å². The Bertz CT molecular complexity index is 668. The molecule has 3 rings (SSSR count). The van der Waals surface area contributed by atoms with E-state index in [1.807, 2.05) is 6.92 Å². The summed E-state index contributed by atoms with van der Waals surface area (Å²) in [6, 6.07) is 5.33. The van der Waals surface area contributed by atoms with Crippen LogP contribution in [0, 0.1) is 6.92 Å². The maximum atomic E-state index is 12.6. The number of fused-ring (bicyclic) bond motifs is 1. The van der Waals surface area contributed by atoms with Crippen LogP contribution in [0.1, 0.15) is 23.2 Å². The summed E-state index contributed by atoms with van der Waals surface area (Å²) in [4.78, 5) is 18.2. The van der Waals surface area contributed by atoms with E-state index < -0.39 is 0 Å². The lowest BCUT2D eigenvalue weighted by atomic mass is 10.1. The van der Waals surface area contributed by atoms with Crippen LogP contribution in [-0.4, -0.2) is 23.5 Å². The Kier molecular flexibility index (Phi) is 3.14. The highest BCUT2D eigenvalue weighted by molar-refractivity contribution is 6.32. The molecular formula is C14H13ClN2O3. The maximum absolute atomic E-state index is 12.6. The summed E-state index contributed by atoms with van der Waals surface area (Å²) < 4.78 is 10.8. The number of amides is 1. The zero-order valence-corrected chi connectivity index (χ0v) is 11.8. The van der Waals surface area contributed by atoms with Gasteiger partial charge in [0.15, 0.2) is 17.8 Å². The number of carbonyl (C=O) groups is 1. The van der Waals surface area contributed by atoms with Crippen molar-refractivity contribution in [3.8, 4) is 5.75 Å². The van der Waals surface area contributed by atoms with E-state index in [4.69, 9.17) is 20.8 Å². The molecule has 1 amide bonds. The molecule has 1 aromatic heterocycles. The van der Waals surface area contributed by atoms with Crippen molar-refractivity contribution in [1.29, 1.82) is 0 Å². The standard InChI is InChI=1S/C14H13ClN2O3/c1-8-6-17(14(18)12-9(2)19-7-16-12)11-5-3-4-10(15)13(11)20-8/h3-5,7-8H,6H2,1-2H3/t8-/m0/s1. The van der Waals surface area contributed by atoms with E-state index in [1.54, 1.807) is 30.0 Å². The minimum absolute atomic E-state index is 0.140. The normalized spacial score (nSPS) is 17.6. The Labute approximate surface area is 121 Å². The molecule has 0 saturated carbocycles. The molecule has 104 valence electrons. The minimum Gasteiger partial charge on any atom is -0.485 e. The van der Waals surface area contributed by atoms with Gasteiger partial charge in [-0.2, -0.15) is 0 Å². The van der Waals surface area contributed by atoms with E-state index in [9.17, 15) is 4.79 Å². The summed E-state index contributed by atoms with van der Waals surface area (Å²) in [5.74, 6) is 0.815. The van der Waals surface area contributed by atoms with E-state index in [0.29, 0.717) is 34.5 Å². The average Bonchev–Trinajstić information content (AvgIpc) is 2.84. The Hall–Kier alpha value is -2.01. The second-order valence-corrected chi connectivity index (χ2v) is 5.10. The quantitative estimate of drug-likeness (QED) is 0.810. The molecule has 0 saturated heterocycles. The molecule has 0 radical (unpaired) electrons. The molecule has 0 aliphatic carbocycles. The first-order valence-corrected chi connectivity index (χ1v) is 6.63. The van der Waals surface area contributed by atoms with Crippen LogP contribution in [0.4, 0.5) is 5.69 Å². The Balaban J connectivity index is 2.05. The summed E-state index contributed by atoms with van der Waals surface area (Å²) in [6.45, 7) is 4.05. The number of halogens is 1. The lowest BCUT2D eigenvalue weighted by Gasteiger charge is -2.33. The van der Waals surface area contributed by atoms with Crippen molar-refractivity contribution in [2.24, 2.45) is 0 Å². The van der Waals surface area contributed by atoms with E-state index in [0.717, 1.165) is 0 Å². The van der Waals surface area contributed by atoms with Crippen molar-refractivity contribution < 1.29 is 13.9 Å². The van der Waals surface area contributed by atoms with Crippen LogP contribution in [0.15, 0.2) is 29.0 Å². The largest absolute Gasteiger partial charge is 0.485 e. The van der Waals surface area contributed by atoms with Crippen LogP contribution >= 0.6 is 11.6 Å². The lowest BCUT2D eigenvalue weighted by molar-refractivity contribution is 0.0955. The number of carbonyl (C=O) groups excluding carboxylic acids is 1. The number of rotatable bonds is 1. The summed E-state index contributed by atoms with van der Waals surface area (Å²) >= 11 is 6.14. The Morgan fingerprint density at radius 2 is 2.30 bits per heavy atom. The van der Waals surface area contributed by atoms with E-state index >= 15 is 0 Å². The number of aromatic nitrogens is 1. The zero-order valence-electron chi connectivity index (χ0n) is 11.1. The van der Waals surface area contributed by atoms with Gasteiger partial charge in [0.25, 0.3) is 5.91 Å². The number of aryl methyl sites for hydroxylation is 1. The van der Waals surface area contributed by atoms with Crippen LogP contribution in [0.5, 0.6) is 5.75 Å². The summed E-state index contributed by atoms with van der Waals surface area (Å²) in [5, 5.41) is 0.490. The lowest BCUT2D eigenvalue weighted by Crippen LogP contribution is -2.42. The van der Waals surface area contributed by atoms with Gasteiger partial charge in [0.05, 0.1) is 17.3 Å². The number of ether oxygens (including phenoxy) is 1. The SMILES string of the molecule is Cc1ocnc1C(=O)N1C[C@H](C)Oc2c(Cl)cccc21. The third-order valence-electron chi connectivity index (χ3n) is 3.19.